The summed E-state index contributed by atoms with van der Waals surface area (Å²) >= 11 is 0. The third kappa shape index (κ3) is 4.95. The minimum atomic E-state index is -0.449. The molecule has 0 aliphatic rings. The Morgan fingerprint density at radius 1 is 0.667 bits per heavy atom. The fraction of sp³-hybridized carbons (Fsp3) is 0.300. The molecule has 0 amide bonds. The van der Waals surface area contributed by atoms with Crippen LogP contribution in [-0.2, 0) is 9.59 Å². The van der Waals surface area contributed by atoms with Crippen molar-refractivity contribution < 1.29 is 19.1 Å². The molecule has 0 saturated heterocycles. The molecule has 0 aliphatic heterocycles. The Morgan fingerprint density at radius 2 is 1.04 bits per heavy atom. The van der Waals surface area contributed by atoms with E-state index in [0.717, 1.165) is 22.3 Å². The highest BCUT2D eigenvalue weighted by Crippen LogP contribution is 2.18. The minimum absolute atomic E-state index is 0.0173. The van der Waals surface area contributed by atoms with Crippen molar-refractivity contribution in [3.8, 4) is 11.5 Å². The van der Waals surface area contributed by atoms with Crippen LogP contribution in [0.3, 0.4) is 0 Å². The fourth-order valence-electron chi connectivity index (χ4n) is 2.12. The minimum Gasteiger partial charge on any atom is -0.427 e. The van der Waals surface area contributed by atoms with Crippen LogP contribution in [0, 0.1) is 27.7 Å². The molecule has 2 rings (SSSR count). The normalized spacial score (nSPS) is 10.3. The number of esters is 2. The summed E-state index contributed by atoms with van der Waals surface area (Å²) in [6, 6.07) is 10.9. The Bertz CT molecular complexity index is 697. The topological polar surface area (TPSA) is 52.6 Å². The maximum Gasteiger partial charge on any atom is 0.311 e. The van der Waals surface area contributed by atoms with E-state index in [9.17, 15) is 9.59 Å². The number of carbonyl (C=O) groups excluding carboxylic acids is 2. The first-order chi connectivity index (χ1) is 11.3. The van der Waals surface area contributed by atoms with Crippen LogP contribution in [0.15, 0.2) is 36.4 Å². The number of benzene rings is 2. The van der Waals surface area contributed by atoms with Gasteiger partial charge in [-0.3, -0.25) is 9.59 Å². The molecule has 0 N–H and O–H groups in total. The molecule has 0 unspecified atom stereocenters. The molecule has 0 spiro atoms. The molecule has 0 atom stereocenters. The SMILES string of the molecule is Cc1ccc(OC(=O)CCC(=O)Oc2ccc(C)c(C)c2)cc1C. The fourth-order valence-corrected chi connectivity index (χ4v) is 2.12. The lowest BCUT2D eigenvalue weighted by Crippen LogP contribution is -2.14. The molecule has 126 valence electrons. The lowest BCUT2D eigenvalue weighted by atomic mass is 10.1. The molecule has 0 heterocycles. The summed E-state index contributed by atoms with van der Waals surface area (Å²) in [6.07, 6.45) is -0.0345. The van der Waals surface area contributed by atoms with Gasteiger partial charge in [0, 0.05) is 0 Å². The highest BCUT2D eigenvalue weighted by atomic mass is 16.5. The van der Waals surface area contributed by atoms with Crippen molar-refractivity contribution in [2.24, 2.45) is 0 Å². The van der Waals surface area contributed by atoms with E-state index in [-0.39, 0.29) is 12.8 Å². The first kappa shape index (κ1) is 17.7. The molecule has 0 aliphatic carbocycles. The lowest BCUT2D eigenvalue weighted by Gasteiger charge is -2.08. The average molecular weight is 326 g/mol. The van der Waals surface area contributed by atoms with E-state index in [1.165, 1.54) is 0 Å². The van der Waals surface area contributed by atoms with Gasteiger partial charge in [-0.2, -0.15) is 0 Å². The van der Waals surface area contributed by atoms with E-state index in [1.54, 1.807) is 24.3 Å². The molecular formula is C20H22O4. The van der Waals surface area contributed by atoms with E-state index in [0.29, 0.717) is 11.5 Å². The summed E-state index contributed by atoms with van der Waals surface area (Å²) in [5.41, 5.74) is 4.36. The van der Waals surface area contributed by atoms with Gasteiger partial charge in [0.2, 0.25) is 0 Å². The predicted molar refractivity (Wildman–Crippen MR) is 92.3 cm³/mol. The zero-order valence-corrected chi connectivity index (χ0v) is 14.5. The number of aryl methyl sites for hydroxylation is 4. The number of rotatable bonds is 5. The van der Waals surface area contributed by atoms with Gasteiger partial charge in [-0.15, -0.1) is 0 Å². The third-order valence-corrected chi connectivity index (χ3v) is 3.95. The van der Waals surface area contributed by atoms with Crippen molar-refractivity contribution in [2.45, 2.75) is 40.5 Å². The summed E-state index contributed by atoms with van der Waals surface area (Å²) in [7, 11) is 0. The summed E-state index contributed by atoms with van der Waals surface area (Å²) in [6.45, 7) is 7.88. The Balaban J connectivity index is 1.83. The van der Waals surface area contributed by atoms with Crippen LogP contribution >= 0.6 is 0 Å². The molecule has 0 fully saturated rings. The zero-order chi connectivity index (χ0) is 17.7. The van der Waals surface area contributed by atoms with Gasteiger partial charge in [0.1, 0.15) is 11.5 Å². The van der Waals surface area contributed by atoms with E-state index in [1.807, 2.05) is 39.8 Å². The molecule has 2 aromatic carbocycles. The quantitative estimate of drug-likeness (QED) is 0.610. The second kappa shape index (κ2) is 7.77. The van der Waals surface area contributed by atoms with Crippen molar-refractivity contribution in [1.82, 2.24) is 0 Å². The van der Waals surface area contributed by atoms with Crippen LogP contribution in [-0.4, -0.2) is 11.9 Å². The Hall–Kier alpha value is -2.62. The van der Waals surface area contributed by atoms with Crippen LogP contribution in [0.2, 0.25) is 0 Å². The number of carbonyl (C=O) groups is 2. The summed E-state index contributed by atoms with van der Waals surface area (Å²) < 4.78 is 10.5. The van der Waals surface area contributed by atoms with Crippen molar-refractivity contribution in [2.75, 3.05) is 0 Å². The molecule has 0 saturated carbocycles. The van der Waals surface area contributed by atoms with Crippen LogP contribution in [0.1, 0.15) is 35.1 Å². The molecule has 4 heteroatoms. The Morgan fingerprint density at radius 3 is 1.38 bits per heavy atom. The second-order valence-electron chi connectivity index (χ2n) is 5.94. The first-order valence-corrected chi connectivity index (χ1v) is 7.91. The number of hydrogen-bond donors (Lipinski definition) is 0. The third-order valence-electron chi connectivity index (χ3n) is 3.95. The van der Waals surface area contributed by atoms with Gasteiger partial charge in [-0.25, -0.2) is 0 Å². The maximum atomic E-state index is 11.8. The Kier molecular flexibility index (Phi) is 5.74. The Labute approximate surface area is 142 Å². The molecule has 24 heavy (non-hydrogen) atoms. The second-order valence-corrected chi connectivity index (χ2v) is 5.94. The highest BCUT2D eigenvalue weighted by Gasteiger charge is 2.12. The monoisotopic (exact) mass is 326 g/mol. The lowest BCUT2D eigenvalue weighted by molar-refractivity contribution is -0.140. The maximum absolute atomic E-state index is 11.8. The number of ether oxygens (including phenoxy) is 2. The molecule has 0 aromatic heterocycles. The van der Waals surface area contributed by atoms with Gasteiger partial charge >= 0.3 is 11.9 Å². The standard InChI is InChI=1S/C20H22O4/c1-13-5-7-17(11-15(13)3)23-19(21)9-10-20(22)24-18-8-6-14(2)16(4)12-18/h5-8,11-12H,9-10H2,1-4H3. The van der Waals surface area contributed by atoms with E-state index < -0.39 is 11.9 Å². The molecule has 0 bridgehead atoms. The molecule has 0 radical (unpaired) electrons. The smallest absolute Gasteiger partial charge is 0.311 e. The van der Waals surface area contributed by atoms with Gasteiger partial charge in [-0.1, -0.05) is 12.1 Å². The van der Waals surface area contributed by atoms with Gasteiger partial charge in [0.25, 0.3) is 0 Å². The van der Waals surface area contributed by atoms with Crippen molar-refractivity contribution in [3.63, 3.8) is 0 Å². The number of hydrogen-bond acceptors (Lipinski definition) is 4. The van der Waals surface area contributed by atoms with Gasteiger partial charge in [-0.05, 0) is 74.2 Å². The first-order valence-electron chi connectivity index (χ1n) is 7.91. The molecular weight excluding hydrogens is 304 g/mol. The van der Waals surface area contributed by atoms with Gasteiger partial charge < -0.3 is 9.47 Å². The van der Waals surface area contributed by atoms with Crippen LogP contribution in [0.5, 0.6) is 11.5 Å². The van der Waals surface area contributed by atoms with Crippen LogP contribution < -0.4 is 9.47 Å². The zero-order valence-electron chi connectivity index (χ0n) is 14.5. The van der Waals surface area contributed by atoms with Crippen molar-refractivity contribution in [1.29, 1.82) is 0 Å². The summed E-state index contributed by atoms with van der Waals surface area (Å²) in [4.78, 5) is 23.7. The highest BCUT2D eigenvalue weighted by molar-refractivity contribution is 5.80. The predicted octanol–water partition coefficient (Wildman–Crippen LogP) is 4.21. The molecule has 2 aromatic rings. The van der Waals surface area contributed by atoms with Gasteiger partial charge in [0.15, 0.2) is 0 Å². The van der Waals surface area contributed by atoms with Gasteiger partial charge in [0.05, 0.1) is 12.8 Å². The van der Waals surface area contributed by atoms with E-state index in [2.05, 4.69) is 0 Å². The summed E-state index contributed by atoms with van der Waals surface area (Å²) in [5.74, 6) is 0.0850. The average Bonchev–Trinajstić information content (AvgIpc) is 2.53. The largest absolute Gasteiger partial charge is 0.427 e. The van der Waals surface area contributed by atoms with Crippen molar-refractivity contribution >= 4 is 11.9 Å². The summed E-state index contributed by atoms with van der Waals surface area (Å²) in [5, 5.41) is 0. The van der Waals surface area contributed by atoms with E-state index >= 15 is 0 Å². The van der Waals surface area contributed by atoms with Crippen molar-refractivity contribution in [3.05, 3.63) is 58.7 Å². The van der Waals surface area contributed by atoms with Crippen LogP contribution in [0.4, 0.5) is 0 Å². The molecule has 4 nitrogen and oxygen atoms in total. The van der Waals surface area contributed by atoms with Crippen LogP contribution in [0.25, 0.3) is 0 Å². The van der Waals surface area contributed by atoms with E-state index in [4.69, 9.17) is 9.47 Å².